The van der Waals surface area contributed by atoms with Crippen LogP contribution in [-0.4, -0.2) is 21.3 Å². The normalized spacial score (nSPS) is 10.9. The molecule has 0 saturated heterocycles. The first-order chi connectivity index (χ1) is 8.65. The summed E-state index contributed by atoms with van der Waals surface area (Å²) < 4.78 is 5.57. The van der Waals surface area contributed by atoms with E-state index in [1.807, 2.05) is 6.07 Å². The summed E-state index contributed by atoms with van der Waals surface area (Å²) in [5.74, 6) is -0.639. The van der Waals surface area contributed by atoms with Gasteiger partial charge in [0.1, 0.15) is 16.8 Å². The molecule has 6 heteroatoms. The van der Waals surface area contributed by atoms with Gasteiger partial charge in [-0.05, 0) is 18.2 Å². The van der Waals surface area contributed by atoms with Gasteiger partial charge in [-0.1, -0.05) is 11.6 Å². The molecule has 0 unspecified atom stereocenters. The van der Waals surface area contributed by atoms with Crippen LogP contribution in [0.15, 0.2) is 34.9 Å². The zero-order chi connectivity index (χ0) is 12.7. The average Bonchev–Trinajstić information content (AvgIpc) is 2.93. The van der Waals surface area contributed by atoms with Crippen molar-refractivity contribution in [1.82, 2.24) is 10.2 Å². The fourth-order valence-electron chi connectivity index (χ4n) is 1.76. The van der Waals surface area contributed by atoms with Crippen molar-refractivity contribution < 1.29 is 14.3 Å². The first kappa shape index (κ1) is 10.9. The molecule has 0 amide bonds. The van der Waals surface area contributed by atoms with Crippen LogP contribution in [0, 0.1) is 0 Å². The van der Waals surface area contributed by atoms with Gasteiger partial charge in [-0.25, -0.2) is 4.79 Å². The molecule has 90 valence electrons. The second-order valence-corrected chi connectivity index (χ2v) is 4.19. The number of halogens is 1. The number of carbonyl (C=O) groups is 1. The van der Waals surface area contributed by atoms with Crippen molar-refractivity contribution in [2.75, 3.05) is 0 Å². The molecule has 0 radical (unpaired) electrons. The van der Waals surface area contributed by atoms with Crippen molar-refractivity contribution in [3.05, 3.63) is 41.0 Å². The van der Waals surface area contributed by atoms with E-state index < -0.39 is 5.97 Å². The number of rotatable bonds is 2. The Morgan fingerprint density at radius 2 is 2.22 bits per heavy atom. The van der Waals surface area contributed by atoms with Crippen molar-refractivity contribution >= 4 is 28.5 Å². The van der Waals surface area contributed by atoms with Gasteiger partial charge >= 0.3 is 5.97 Å². The number of aromatic carboxylic acids is 1. The number of aromatic nitrogens is 2. The highest BCUT2D eigenvalue weighted by Crippen LogP contribution is 2.30. The summed E-state index contributed by atoms with van der Waals surface area (Å²) in [6.45, 7) is 0. The maximum absolute atomic E-state index is 11.0. The van der Waals surface area contributed by atoms with Crippen LogP contribution in [-0.2, 0) is 0 Å². The van der Waals surface area contributed by atoms with Crippen LogP contribution in [0.5, 0.6) is 0 Å². The number of furan rings is 1. The lowest BCUT2D eigenvalue weighted by atomic mass is 10.2. The Morgan fingerprint density at radius 3 is 3.00 bits per heavy atom. The fraction of sp³-hybridized carbons (Fsp3) is 0. The van der Waals surface area contributed by atoms with Gasteiger partial charge in [-0.2, -0.15) is 5.10 Å². The van der Waals surface area contributed by atoms with E-state index in [0.29, 0.717) is 22.1 Å². The third kappa shape index (κ3) is 1.65. The number of fused-ring (bicyclic) bond motifs is 1. The molecule has 0 fully saturated rings. The van der Waals surface area contributed by atoms with Crippen molar-refractivity contribution in [3.63, 3.8) is 0 Å². The van der Waals surface area contributed by atoms with Crippen LogP contribution >= 0.6 is 11.6 Å². The van der Waals surface area contributed by atoms with Crippen molar-refractivity contribution in [2.45, 2.75) is 0 Å². The van der Waals surface area contributed by atoms with Gasteiger partial charge in [0.25, 0.3) is 0 Å². The maximum Gasteiger partial charge on any atom is 0.339 e. The Morgan fingerprint density at radius 1 is 1.39 bits per heavy atom. The quantitative estimate of drug-likeness (QED) is 0.743. The highest BCUT2D eigenvalue weighted by atomic mass is 35.5. The van der Waals surface area contributed by atoms with Crippen LogP contribution in [0.25, 0.3) is 22.4 Å². The summed E-state index contributed by atoms with van der Waals surface area (Å²) in [7, 11) is 0. The third-order valence-corrected chi connectivity index (χ3v) is 2.83. The molecule has 0 spiro atoms. The Kier molecular flexibility index (Phi) is 2.34. The van der Waals surface area contributed by atoms with E-state index in [2.05, 4.69) is 10.2 Å². The van der Waals surface area contributed by atoms with Gasteiger partial charge in [0.2, 0.25) is 0 Å². The van der Waals surface area contributed by atoms with Crippen molar-refractivity contribution in [3.8, 4) is 11.5 Å². The number of carboxylic acids is 1. The number of hydrogen-bond donors (Lipinski definition) is 2. The lowest BCUT2D eigenvalue weighted by molar-refractivity contribution is 0.0697. The molecule has 0 saturated carbocycles. The van der Waals surface area contributed by atoms with Gasteiger partial charge < -0.3 is 9.52 Å². The predicted molar refractivity (Wildman–Crippen MR) is 65.8 cm³/mol. The van der Waals surface area contributed by atoms with Crippen molar-refractivity contribution in [1.29, 1.82) is 0 Å². The summed E-state index contributed by atoms with van der Waals surface area (Å²) in [5.41, 5.74) is 1.01. The summed E-state index contributed by atoms with van der Waals surface area (Å²) in [6, 6.07) is 6.97. The van der Waals surface area contributed by atoms with Gasteiger partial charge in [0, 0.05) is 16.5 Å². The minimum atomic E-state index is -1.06. The highest BCUT2D eigenvalue weighted by Gasteiger charge is 2.17. The molecule has 1 aromatic carbocycles. The molecule has 0 aliphatic carbocycles. The molecule has 3 aromatic rings. The number of aromatic amines is 1. The van der Waals surface area contributed by atoms with E-state index in [-0.39, 0.29) is 5.56 Å². The zero-order valence-electron chi connectivity index (χ0n) is 8.98. The minimum Gasteiger partial charge on any atom is -0.478 e. The molecule has 2 aromatic heterocycles. The largest absolute Gasteiger partial charge is 0.478 e. The van der Waals surface area contributed by atoms with E-state index in [9.17, 15) is 4.79 Å². The van der Waals surface area contributed by atoms with Crippen molar-refractivity contribution in [2.24, 2.45) is 0 Å². The van der Waals surface area contributed by atoms with Crippen LogP contribution < -0.4 is 0 Å². The summed E-state index contributed by atoms with van der Waals surface area (Å²) >= 11 is 5.86. The Bertz CT molecular complexity index is 745. The molecule has 0 atom stereocenters. The monoisotopic (exact) mass is 262 g/mol. The van der Waals surface area contributed by atoms with Crippen LogP contribution in [0.2, 0.25) is 5.02 Å². The topological polar surface area (TPSA) is 79.1 Å². The first-order valence-corrected chi connectivity index (χ1v) is 5.49. The third-order valence-electron chi connectivity index (χ3n) is 2.60. The maximum atomic E-state index is 11.0. The fourth-order valence-corrected chi connectivity index (χ4v) is 1.93. The highest BCUT2D eigenvalue weighted by molar-refractivity contribution is 6.31. The smallest absolute Gasteiger partial charge is 0.339 e. The lowest BCUT2D eigenvalue weighted by Crippen LogP contribution is -1.95. The molecule has 2 heterocycles. The SMILES string of the molecule is O=C(O)c1cn[nH]c1-c1cc2ccc(Cl)cc2o1. The van der Waals surface area contributed by atoms with E-state index in [4.69, 9.17) is 21.1 Å². The molecular formula is C12H7ClN2O3. The van der Waals surface area contributed by atoms with Gasteiger partial charge in [-0.3, -0.25) is 5.10 Å². The first-order valence-electron chi connectivity index (χ1n) is 5.11. The zero-order valence-corrected chi connectivity index (χ0v) is 9.73. The Labute approximate surface area is 106 Å². The van der Waals surface area contributed by atoms with E-state index in [1.165, 1.54) is 6.20 Å². The van der Waals surface area contributed by atoms with E-state index >= 15 is 0 Å². The van der Waals surface area contributed by atoms with Crippen LogP contribution in [0.1, 0.15) is 10.4 Å². The van der Waals surface area contributed by atoms with Gasteiger partial charge in [0.15, 0.2) is 5.76 Å². The second kappa shape index (κ2) is 3.89. The molecule has 3 rings (SSSR count). The number of hydrogen-bond acceptors (Lipinski definition) is 3. The van der Waals surface area contributed by atoms with E-state index in [1.54, 1.807) is 18.2 Å². The molecule has 5 nitrogen and oxygen atoms in total. The molecule has 18 heavy (non-hydrogen) atoms. The number of nitrogens with zero attached hydrogens (tertiary/aromatic N) is 1. The predicted octanol–water partition coefficient (Wildman–Crippen LogP) is 3.17. The number of H-pyrrole nitrogens is 1. The average molecular weight is 263 g/mol. The molecular weight excluding hydrogens is 256 g/mol. The van der Waals surface area contributed by atoms with E-state index in [0.717, 1.165) is 5.39 Å². The lowest BCUT2D eigenvalue weighted by Gasteiger charge is -1.93. The molecule has 0 aliphatic rings. The molecule has 2 N–H and O–H groups in total. The van der Waals surface area contributed by atoms with Crippen LogP contribution in [0.4, 0.5) is 0 Å². The number of nitrogens with one attached hydrogen (secondary N) is 1. The number of carboxylic acid groups (broad SMARTS) is 1. The number of benzene rings is 1. The van der Waals surface area contributed by atoms with Gasteiger partial charge in [-0.15, -0.1) is 0 Å². The van der Waals surface area contributed by atoms with Gasteiger partial charge in [0.05, 0.1) is 6.20 Å². The molecule has 0 aliphatic heterocycles. The summed E-state index contributed by atoms with van der Waals surface area (Å²) in [6.07, 6.45) is 1.25. The minimum absolute atomic E-state index is 0.0696. The Balaban J connectivity index is 2.19. The van der Waals surface area contributed by atoms with Crippen LogP contribution in [0.3, 0.4) is 0 Å². The molecule has 0 bridgehead atoms. The summed E-state index contributed by atoms with van der Waals surface area (Å²) in [5, 5.41) is 16.8. The Hall–Kier alpha value is -2.27. The standard InChI is InChI=1S/C12H7ClN2O3/c13-7-2-1-6-3-10(18-9(6)4-7)11-8(12(16)17)5-14-15-11/h1-5H,(H,14,15)(H,16,17). The summed E-state index contributed by atoms with van der Waals surface area (Å²) in [4.78, 5) is 11.0. The second-order valence-electron chi connectivity index (χ2n) is 3.76.